The monoisotopic (exact) mass is 421 g/mol. The molecule has 0 radical (unpaired) electrons. The average Bonchev–Trinajstić information content (AvgIpc) is 2.43. The zero-order chi connectivity index (χ0) is 15.1. The van der Waals surface area contributed by atoms with Gasteiger partial charge >= 0.3 is 0 Å². The molecule has 22 heavy (non-hydrogen) atoms. The molecule has 0 saturated heterocycles. The highest BCUT2D eigenvalue weighted by Gasteiger charge is 2.17. The van der Waals surface area contributed by atoms with Crippen LogP contribution in [0.2, 0.25) is 0 Å². The fourth-order valence-corrected chi connectivity index (χ4v) is 2.17. The Balaban J connectivity index is 0.00000242. The second-order valence-electron chi connectivity index (χ2n) is 5.48. The van der Waals surface area contributed by atoms with E-state index in [9.17, 15) is 4.39 Å². The molecule has 0 heterocycles. The van der Waals surface area contributed by atoms with Crippen molar-refractivity contribution in [2.24, 2.45) is 16.6 Å². The lowest BCUT2D eigenvalue weighted by molar-refractivity contribution is 0.196. The first-order chi connectivity index (χ1) is 10.2. The van der Waals surface area contributed by atoms with Gasteiger partial charge in [0.25, 0.3) is 0 Å². The van der Waals surface area contributed by atoms with Gasteiger partial charge in [0.15, 0.2) is 17.5 Å². The molecule has 1 aliphatic carbocycles. The molecule has 6 heteroatoms. The molecule has 0 bridgehead atoms. The lowest BCUT2D eigenvalue weighted by Crippen LogP contribution is -2.38. The zero-order valence-corrected chi connectivity index (χ0v) is 15.3. The van der Waals surface area contributed by atoms with Crippen molar-refractivity contribution >= 4 is 29.9 Å². The number of ether oxygens (including phenoxy) is 1. The molecule has 4 nitrogen and oxygen atoms in total. The fourth-order valence-electron chi connectivity index (χ4n) is 2.17. The van der Waals surface area contributed by atoms with Gasteiger partial charge in [-0.3, -0.25) is 0 Å². The minimum atomic E-state index is -0.351. The first kappa shape index (κ1) is 19.0. The molecule has 1 aliphatic rings. The largest absolute Gasteiger partial charge is 0.485 e. The molecule has 124 valence electrons. The van der Waals surface area contributed by atoms with Crippen molar-refractivity contribution in [2.45, 2.75) is 38.7 Å². The van der Waals surface area contributed by atoms with Crippen molar-refractivity contribution in [1.29, 1.82) is 0 Å². The Morgan fingerprint density at radius 1 is 1.45 bits per heavy atom. The Hall–Kier alpha value is -1.05. The summed E-state index contributed by atoms with van der Waals surface area (Å²) in [7, 11) is 0. The van der Waals surface area contributed by atoms with Gasteiger partial charge in [-0.15, -0.1) is 24.0 Å². The van der Waals surface area contributed by atoms with Crippen LogP contribution < -0.4 is 15.8 Å². The summed E-state index contributed by atoms with van der Waals surface area (Å²) in [4.78, 5) is 4.29. The number of hydrogen-bond acceptors (Lipinski definition) is 2. The van der Waals surface area contributed by atoms with E-state index in [2.05, 4.69) is 10.3 Å². The molecule has 1 aromatic carbocycles. The van der Waals surface area contributed by atoms with Crippen molar-refractivity contribution in [2.75, 3.05) is 13.1 Å². The number of aliphatic imine (C=N–C) groups is 1. The van der Waals surface area contributed by atoms with Gasteiger partial charge < -0.3 is 15.8 Å². The summed E-state index contributed by atoms with van der Waals surface area (Å²) in [5.41, 5.74) is 5.84. The van der Waals surface area contributed by atoms with E-state index >= 15 is 0 Å². The smallest absolute Gasteiger partial charge is 0.188 e. The number of para-hydroxylation sites is 1. The highest BCUT2D eigenvalue weighted by molar-refractivity contribution is 14.0. The molecule has 0 amide bonds. The summed E-state index contributed by atoms with van der Waals surface area (Å²) >= 11 is 0. The summed E-state index contributed by atoms with van der Waals surface area (Å²) in [5.74, 6) is 1.09. The Labute approximate surface area is 148 Å². The number of halogens is 2. The van der Waals surface area contributed by atoms with Crippen molar-refractivity contribution in [1.82, 2.24) is 5.32 Å². The minimum absolute atomic E-state index is 0. The van der Waals surface area contributed by atoms with E-state index in [1.807, 2.05) is 6.92 Å². The van der Waals surface area contributed by atoms with Gasteiger partial charge in [0.2, 0.25) is 0 Å². The van der Waals surface area contributed by atoms with E-state index in [4.69, 9.17) is 10.5 Å². The molecule has 0 aromatic heterocycles. The van der Waals surface area contributed by atoms with Crippen LogP contribution >= 0.6 is 24.0 Å². The van der Waals surface area contributed by atoms with Crippen molar-refractivity contribution in [3.8, 4) is 5.75 Å². The Kier molecular flexibility index (Phi) is 8.52. The van der Waals surface area contributed by atoms with Gasteiger partial charge in [-0.2, -0.15) is 0 Å². The predicted octanol–water partition coefficient (Wildman–Crippen LogP) is 3.31. The molecular formula is C16H25FIN3O. The lowest BCUT2D eigenvalue weighted by Gasteiger charge is -2.25. The summed E-state index contributed by atoms with van der Waals surface area (Å²) in [5, 5.41) is 3.14. The maximum Gasteiger partial charge on any atom is 0.188 e. The van der Waals surface area contributed by atoms with Gasteiger partial charge in [0, 0.05) is 6.54 Å². The van der Waals surface area contributed by atoms with E-state index in [0.717, 1.165) is 18.9 Å². The molecule has 2 rings (SSSR count). The van der Waals surface area contributed by atoms with Gasteiger partial charge in [0.1, 0.15) is 6.10 Å². The molecule has 0 spiro atoms. The van der Waals surface area contributed by atoms with Gasteiger partial charge in [-0.1, -0.05) is 25.5 Å². The van der Waals surface area contributed by atoms with E-state index < -0.39 is 0 Å². The first-order valence-electron chi connectivity index (χ1n) is 7.64. The molecule has 1 unspecified atom stereocenters. The standard InChI is InChI=1S/C16H24FN3O.HI/c1-2-13(21-15-9-4-3-8-14(15)17)11-20-16(18)19-10-12-6-5-7-12;/h3-4,8-9,12-13H,2,5-7,10-11H2,1H3,(H3,18,19,20);1H. The third-order valence-electron chi connectivity index (χ3n) is 3.85. The Morgan fingerprint density at radius 2 is 2.18 bits per heavy atom. The van der Waals surface area contributed by atoms with E-state index in [-0.39, 0.29) is 41.6 Å². The normalized spacial score (nSPS) is 16.4. The van der Waals surface area contributed by atoms with Crippen LogP contribution in [-0.4, -0.2) is 25.2 Å². The molecule has 0 aliphatic heterocycles. The third kappa shape index (κ3) is 5.98. The number of rotatable bonds is 7. The number of nitrogens with one attached hydrogen (secondary N) is 1. The summed E-state index contributed by atoms with van der Waals surface area (Å²) in [6.45, 7) is 3.30. The summed E-state index contributed by atoms with van der Waals surface area (Å²) in [6.07, 6.45) is 4.43. The lowest BCUT2D eigenvalue weighted by atomic mass is 9.85. The SMILES string of the molecule is CCC(CN=C(N)NCC1CCC1)Oc1ccccc1F.I. The first-order valence-corrected chi connectivity index (χ1v) is 7.64. The van der Waals surface area contributed by atoms with Crippen LogP contribution in [-0.2, 0) is 0 Å². The van der Waals surface area contributed by atoms with Gasteiger partial charge in [0.05, 0.1) is 6.54 Å². The average molecular weight is 421 g/mol. The number of benzene rings is 1. The minimum Gasteiger partial charge on any atom is -0.485 e. The van der Waals surface area contributed by atoms with Gasteiger partial charge in [-0.05, 0) is 37.3 Å². The van der Waals surface area contributed by atoms with Crippen LogP contribution in [0, 0.1) is 11.7 Å². The topological polar surface area (TPSA) is 59.6 Å². The van der Waals surface area contributed by atoms with Crippen LogP contribution in [0.15, 0.2) is 29.3 Å². The molecule has 1 fully saturated rings. The summed E-state index contributed by atoms with van der Waals surface area (Å²) in [6, 6.07) is 6.41. The van der Waals surface area contributed by atoms with Crippen molar-refractivity contribution < 1.29 is 9.13 Å². The molecule has 1 atom stereocenters. The fraction of sp³-hybridized carbons (Fsp3) is 0.562. The number of hydrogen-bond donors (Lipinski definition) is 2. The van der Waals surface area contributed by atoms with E-state index in [1.165, 1.54) is 25.3 Å². The van der Waals surface area contributed by atoms with Crippen molar-refractivity contribution in [3.05, 3.63) is 30.1 Å². The number of guanidine groups is 1. The van der Waals surface area contributed by atoms with Crippen molar-refractivity contribution in [3.63, 3.8) is 0 Å². The highest BCUT2D eigenvalue weighted by Crippen LogP contribution is 2.25. The maximum absolute atomic E-state index is 13.5. The maximum atomic E-state index is 13.5. The number of nitrogens with two attached hydrogens (primary N) is 1. The third-order valence-corrected chi connectivity index (χ3v) is 3.85. The second-order valence-corrected chi connectivity index (χ2v) is 5.48. The van der Waals surface area contributed by atoms with Crippen LogP contribution in [0.5, 0.6) is 5.75 Å². The van der Waals surface area contributed by atoms with Crippen LogP contribution in [0.25, 0.3) is 0 Å². The Bertz CT molecular complexity index is 480. The van der Waals surface area contributed by atoms with Gasteiger partial charge in [-0.25, -0.2) is 9.38 Å². The molecule has 1 aromatic rings. The quantitative estimate of drug-likeness (QED) is 0.404. The molecular weight excluding hydrogens is 396 g/mol. The zero-order valence-electron chi connectivity index (χ0n) is 12.9. The Morgan fingerprint density at radius 3 is 2.77 bits per heavy atom. The predicted molar refractivity (Wildman–Crippen MR) is 98.4 cm³/mol. The summed E-state index contributed by atoms with van der Waals surface area (Å²) < 4.78 is 19.2. The molecule has 1 saturated carbocycles. The van der Waals surface area contributed by atoms with Crippen LogP contribution in [0.4, 0.5) is 4.39 Å². The molecule has 3 N–H and O–H groups in total. The highest BCUT2D eigenvalue weighted by atomic mass is 127. The van der Waals surface area contributed by atoms with Crippen LogP contribution in [0.3, 0.4) is 0 Å². The second kappa shape index (κ2) is 9.86. The van der Waals surface area contributed by atoms with E-state index in [0.29, 0.717) is 12.5 Å². The number of nitrogens with zero attached hydrogens (tertiary/aromatic N) is 1. The van der Waals surface area contributed by atoms with E-state index in [1.54, 1.807) is 18.2 Å². The van der Waals surface area contributed by atoms with Crippen LogP contribution in [0.1, 0.15) is 32.6 Å².